The van der Waals surface area contributed by atoms with E-state index in [1.54, 1.807) is 4.90 Å². The molecule has 1 aliphatic heterocycles. The summed E-state index contributed by atoms with van der Waals surface area (Å²) in [5.41, 5.74) is 1.75. The van der Waals surface area contributed by atoms with E-state index in [-0.39, 0.29) is 23.8 Å². The lowest BCUT2D eigenvalue weighted by atomic mass is 9.86. The zero-order valence-electron chi connectivity index (χ0n) is 13.6. The summed E-state index contributed by atoms with van der Waals surface area (Å²) in [4.78, 5) is 26.8. The minimum absolute atomic E-state index is 0.0524. The number of aryl methyl sites for hydroxylation is 1. The minimum Gasteiger partial charge on any atom is -0.354 e. The summed E-state index contributed by atoms with van der Waals surface area (Å²) in [5.74, 6) is 0.0572. The van der Waals surface area contributed by atoms with Crippen LogP contribution in [0.15, 0.2) is 24.3 Å². The molecule has 0 spiro atoms. The van der Waals surface area contributed by atoms with E-state index >= 15 is 0 Å². The molecule has 0 aromatic heterocycles. The summed E-state index contributed by atoms with van der Waals surface area (Å²) >= 11 is 0. The van der Waals surface area contributed by atoms with E-state index < -0.39 is 5.41 Å². The van der Waals surface area contributed by atoms with E-state index in [9.17, 15) is 9.59 Å². The van der Waals surface area contributed by atoms with E-state index in [2.05, 4.69) is 50.4 Å². The first-order valence-electron chi connectivity index (χ1n) is 8.00. The zero-order chi connectivity index (χ0) is 16.0. The summed E-state index contributed by atoms with van der Waals surface area (Å²) in [6.45, 7) is 7.83. The van der Waals surface area contributed by atoms with Crippen molar-refractivity contribution in [1.82, 2.24) is 10.2 Å². The Morgan fingerprint density at radius 1 is 1.23 bits per heavy atom. The van der Waals surface area contributed by atoms with Crippen molar-refractivity contribution in [3.63, 3.8) is 0 Å². The monoisotopic (exact) mass is 300 g/mol. The number of hydrogen-bond acceptors (Lipinski definition) is 2. The van der Waals surface area contributed by atoms with Crippen molar-refractivity contribution in [1.29, 1.82) is 0 Å². The topological polar surface area (TPSA) is 49.4 Å². The van der Waals surface area contributed by atoms with E-state index in [0.29, 0.717) is 13.1 Å². The Balaban J connectivity index is 1.93. The van der Waals surface area contributed by atoms with E-state index in [0.717, 1.165) is 18.4 Å². The largest absolute Gasteiger partial charge is 0.354 e. The molecule has 1 aromatic rings. The lowest BCUT2D eigenvalue weighted by Crippen LogP contribution is -2.44. The van der Waals surface area contributed by atoms with Gasteiger partial charge in [-0.2, -0.15) is 0 Å². The molecule has 4 nitrogen and oxygen atoms in total. The second-order valence-corrected chi connectivity index (χ2v) is 7.26. The molecule has 2 fully saturated rings. The van der Waals surface area contributed by atoms with Gasteiger partial charge in [0.25, 0.3) is 0 Å². The van der Waals surface area contributed by atoms with Crippen LogP contribution in [0.3, 0.4) is 0 Å². The highest BCUT2D eigenvalue weighted by Crippen LogP contribution is 2.65. The molecule has 1 aromatic carbocycles. The number of benzene rings is 1. The fraction of sp³-hybridized carbons (Fsp3) is 0.556. The van der Waals surface area contributed by atoms with Gasteiger partial charge >= 0.3 is 0 Å². The van der Waals surface area contributed by atoms with Gasteiger partial charge in [0.2, 0.25) is 11.8 Å². The molecule has 1 N–H and O–H groups in total. The fourth-order valence-electron chi connectivity index (χ4n) is 3.69. The third kappa shape index (κ3) is 2.31. The standard InChI is InChI=1S/C18H24N2O2/c1-13-5-7-14(8-6-13)18(12-17(18,2)3)16(22)20-10-4-9-19-15(21)11-20/h5-8H,4,9-12H2,1-3H3,(H,19,21). The molecule has 1 unspecified atom stereocenters. The maximum Gasteiger partial charge on any atom is 0.239 e. The van der Waals surface area contributed by atoms with Gasteiger partial charge in [0.05, 0.1) is 12.0 Å². The molecule has 3 rings (SSSR count). The maximum atomic E-state index is 13.2. The SMILES string of the molecule is Cc1ccc(C2(C(=O)N3CCCNC(=O)C3)CC2(C)C)cc1. The van der Waals surface area contributed by atoms with Crippen molar-refractivity contribution >= 4 is 11.8 Å². The molecule has 1 atom stereocenters. The molecule has 0 bridgehead atoms. The Labute approximate surface area is 131 Å². The number of rotatable bonds is 2. The van der Waals surface area contributed by atoms with Crippen LogP contribution in [-0.4, -0.2) is 36.3 Å². The van der Waals surface area contributed by atoms with Crippen molar-refractivity contribution in [2.45, 2.75) is 39.0 Å². The van der Waals surface area contributed by atoms with Crippen molar-refractivity contribution in [3.8, 4) is 0 Å². The lowest BCUT2D eigenvalue weighted by Gasteiger charge is -2.28. The van der Waals surface area contributed by atoms with Gasteiger partial charge in [0.15, 0.2) is 0 Å². The first-order valence-corrected chi connectivity index (χ1v) is 8.00. The van der Waals surface area contributed by atoms with Gasteiger partial charge in [-0.25, -0.2) is 0 Å². The van der Waals surface area contributed by atoms with Crippen LogP contribution >= 0.6 is 0 Å². The minimum atomic E-state index is -0.467. The van der Waals surface area contributed by atoms with Crippen molar-refractivity contribution < 1.29 is 9.59 Å². The molecule has 1 aliphatic carbocycles. The normalized spacial score (nSPS) is 27.0. The molecule has 4 heteroatoms. The third-order valence-corrected chi connectivity index (χ3v) is 5.20. The first-order chi connectivity index (χ1) is 10.4. The Morgan fingerprint density at radius 3 is 2.45 bits per heavy atom. The Bertz CT molecular complexity index is 606. The van der Waals surface area contributed by atoms with Crippen molar-refractivity contribution in [2.24, 2.45) is 5.41 Å². The van der Waals surface area contributed by atoms with Crippen molar-refractivity contribution in [2.75, 3.05) is 19.6 Å². The van der Waals surface area contributed by atoms with Gasteiger partial charge in [-0.15, -0.1) is 0 Å². The fourth-order valence-corrected chi connectivity index (χ4v) is 3.69. The average molecular weight is 300 g/mol. The lowest BCUT2D eigenvalue weighted by molar-refractivity contribution is -0.138. The number of amides is 2. The van der Waals surface area contributed by atoms with Crippen molar-refractivity contribution in [3.05, 3.63) is 35.4 Å². The molecule has 1 heterocycles. The number of nitrogens with one attached hydrogen (secondary N) is 1. The molecular weight excluding hydrogens is 276 g/mol. The Morgan fingerprint density at radius 2 is 1.86 bits per heavy atom. The second kappa shape index (κ2) is 5.11. The molecule has 0 radical (unpaired) electrons. The zero-order valence-corrected chi connectivity index (χ0v) is 13.6. The first kappa shape index (κ1) is 15.1. The highest BCUT2D eigenvalue weighted by Gasteiger charge is 2.68. The third-order valence-electron chi connectivity index (χ3n) is 5.20. The maximum absolute atomic E-state index is 13.2. The van der Waals surface area contributed by atoms with Crippen LogP contribution in [0, 0.1) is 12.3 Å². The molecule has 22 heavy (non-hydrogen) atoms. The van der Waals surface area contributed by atoms with E-state index in [1.165, 1.54) is 5.56 Å². The van der Waals surface area contributed by atoms with Gasteiger partial charge in [-0.1, -0.05) is 43.7 Å². The van der Waals surface area contributed by atoms with Crippen LogP contribution in [0.4, 0.5) is 0 Å². The summed E-state index contributed by atoms with van der Waals surface area (Å²) in [5, 5.41) is 2.84. The molecular formula is C18H24N2O2. The van der Waals surface area contributed by atoms with Gasteiger partial charge < -0.3 is 10.2 Å². The van der Waals surface area contributed by atoms with Crippen LogP contribution in [0.5, 0.6) is 0 Å². The highest BCUT2D eigenvalue weighted by atomic mass is 16.2. The van der Waals surface area contributed by atoms with Crippen LogP contribution in [0.1, 0.15) is 37.8 Å². The van der Waals surface area contributed by atoms with Gasteiger partial charge in [-0.3, -0.25) is 9.59 Å². The Hall–Kier alpha value is -1.84. The Kier molecular flexibility index (Phi) is 3.50. The van der Waals surface area contributed by atoms with Crippen LogP contribution < -0.4 is 5.32 Å². The smallest absolute Gasteiger partial charge is 0.239 e. The number of hydrogen-bond donors (Lipinski definition) is 1. The average Bonchev–Trinajstić information content (AvgIpc) is 3.12. The molecule has 1 saturated carbocycles. The quantitative estimate of drug-likeness (QED) is 0.908. The number of carbonyl (C=O) groups is 2. The summed E-state index contributed by atoms with van der Waals surface area (Å²) in [7, 11) is 0. The van der Waals surface area contributed by atoms with Crippen LogP contribution in [-0.2, 0) is 15.0 Å². The second-order valence-electron chi connectivity index (χ2n) is 7.26. The van der Waals surface area contributed by atoms with Gasteiger partial charge in [0, 0.05) is 13.1 Å². The summed E-state index contributed by atoms with van der Waals surface area (Å²) in [6.07, 6.45) is 1.67. The molecule has 118 valence electrons. The predicted molar refractivity (Wildman–Crippen MR) is 85.5 cm³/mol. The predicted octanol–water partition coefficient (Wildman–Crippen LogP) is 2.01. The van der Waals surface area contributed by atoms with Gasteiger partial charge in [0.1, 0.15) is 0 Å². The highest BCUT2D eigenvalue weighted by molar-refractivity contribution is 5.95. The summed E-state index contributed by atoms with van der Waals surface area (Å²) in [6, 6.07) is 8.27. The molecule has 1 saturated heterocycles. The summed E-state index contributed by atoms with van der Waals surface area (Å²) < 4.78 is 0. The van der Waals surface area contributed by atoms with E-state index in [1.807, 2.05) is 0 Å². The van der Waals surface area contributed by atoms with Crippen LogP contribution in [0.25, 0.3) is 0 Å². The van der Waals surface area contributed by atoms with Gasteiger partial charge in [-0.05, 0) is 30.7 Å². The molecule has 2 aliphatic rings. The number of nitrogens with zero attached hydrogens (tertiary/aromatic N) is 1. The van der Waals surface area contributed by atoms with Crippen LogP contribution in [0.2, 0.25) is 0 Å². The molecule has 2 amide bonds. The number of carbonyl (C=O) groups excluding carboxylic acids is 2. The van der Waals surface area contributed by atoms with E-state index in [4.69, 9.17) is 0 Å².